The molecule has 0 unspecified atom stereocenters. The second-order valence-corrected chi connectivity index (χ2v) is 5.39. The van der Waals surface area contributed by atoms with Crippen LogP contribution in [0.2, 0.25) is 0 Å². The fourth-order valence-corrected chi connectivity index (χ4v) is 2.29. The lowest BCUT2D eigenvalue weighted by atomic mass is 9.99. The zero-order valence-electron chi connectivity index (χ0n) is 11.1. The summed E-state index contributed by atoms with van der Waals surface area (Å²) < 4.78 is 18.7. The fraction of sp³-hybridized carbons (Fsp3) is 0.500. The van der Waals surface area contributed by atoms with Gasteiger partial charge in [0.25, 0.3) is 0 Å². The first-order valence-electron chi connectivity index (χ1n) is 6.25. The summed E-state index contributed by atoms with van der Waals surface area (Å²) >= 11 is 0. The predicted molar refractivity (Wildman–Crippen MR) is 68.7 cm³/mol. The van der Waals surface area contributed by atoms with Crippen molar-refractivity contribution in [3.8, 4) is 0 Å². The molecule has 0 bridgehead atoms. The van der Waals surface area contributed by atoms with Crippen LogP contribution in [0.15, 0.2) is 18.2 Å². The highest BCUT2D eigenvalue weighted by molar-refractivity contribution is 5.89. The molecular formula is C14H18FNO3. The molecule has 2 rings (SSSR count). The monoisotopic (exact) mass is 267 g/mol. The second-order valence-electron chi connectivity index (χ2n) is 5.39. The molecule has 1 aromatic rings. The maximum absolute atomic E-state index is 13.3. The highest BCUT2D eigenvalue weighted by Gasteiger charge is 2.31. The molecular weight excluding hydrogens is 249 g/mol. The third kappa shape index (κ3) is 3.11. The number of nitrogens with zero attached hydrogens (tertiary/aromatic N) is 1. The predicted octanol–water partition coefficient (Wildman–Crippen LogP) is 2.13. The Kier molecular flexibility index (Phi) is 3.87. The zero-order chi connectivity index (χ0) is 14.0. The van der Waals surface area contributed by atoms with Gasteiger partial charge in [-0.05, 0) is 37.6 Å². The normalized spacial score (nSPS) is 19.3. The molecule has 1 aliphatic heterocycles. The number of carboxylic acid groups (broad SMARTS) is 1. The summed E-state index contributed by atoms with van der Waals surface area (Å²) in [5.74, 6) is -1.44. The SMILES string of the molecule is CC1(C)COCCN1Cc1cc(F)ccc1C(=O)O. The van der Waals surface area contributed by atoms with E-state index in [4.69, 9.17) is 9.84 Å². The lowest BCUT2D eigenvalue weighted by Gasteiger charge is -2.42. The molecule has 4 nitrogen and oxygen atoms in total. The lowest BCUT2D eigenvalue weighted by molar-refractivity contribution is -0.0554. The van der Waals surface area contributed by atoms with E-state index in [9.17, 15) is 9.18 Å². The molecule has 0 aromatic heterocycles. The molecule has 104 valence electrons. The standard InChI is InChI=1S/C14H18FNO3/c1-14(2)9-19-6-5-16(14)8-10-7-11(15)3-4-12(10)13(17)18/h3-4,7H,5-6,8-9H2,1-2H3,(H,17,18). The minimum absolute atomic E-state index is 0.156. The third-order valence-corrected chi connectivity index (χ3v) is 3.48. The van der Waals surface area contributed by atoms with Gasteiger partial charge in [0.15, 0.2) is 0 Å². The van der Waals surface area contributed by atoms with Gasteiger partial charge in [-0.2, -0.15) is 0 Å². The Morgan fingerprint density at radius 2 is 2.26 bits per heavy atom. The molecule has 0 radical (unpaired) electrons. The first-order valence-corrected chi connectivity index (χ1v) is 6.25. The molecule has 1 saturated heterocycles. The van der Waals surface area contributed by atoms with Crippen molar-refractivity contribution in [1.29, 1.82) is 0 Å². The summed E-state index contributed by atoms with van der Waals surface area (Å²) in [6.07, 6.45) is 0. The van der Waals surface area contributed by atoms with Gasteiger partial charge in [-0.15, -0.1) is 0 Å². The molecule has 1 aliphatic rings. The van der Waals surface area contributed by atoms with Gasteiger partial charge in [-0.1, -0.05) is 0 Å². The van der Waals surface area contributed by atoms with Crippen LogP contribution in [0.1, 0.15) is 29.8 Å². The Bertz CT molecular complexity index is 488. The van der Waals surface area contributed by atoms with Crippen LogP contribution < -0.4 is 0 Å². The quantitative estimate of drug-likeness (QED) is 0.911. The van der Waals surface area contributed by atoms with Gasteiger partial charge in [-0.3, -0.25) is 4.90 Å². The molecule has 0 amide bonds. The van der Waals surface area contributed by atoms with Crippen molar-refractivity contribution in [1.82, 2.24) is 4.90 Å². The number of hydrogen-bond acceptors (Lipinski definition) is 3. The topological polar surface area (TPSA) is 49.8 Å². The number of carbonyl (C=O) groups is 1. The molecule has 1 heterocycles. The Balaban J connectivity index is 2.27. The second kappa shape index (κ2) is 5.27. The lowest BCUT2D eigenvalue weighted by Crippen LogP contribution is -2.52. The number of rotatable bonds is 3. The van der Waals surface area contributed by atoms with Crippen LogP contribution in [0.5, 0.6) is 0 Å². The van der Waals surface area contributed by atoms with Crippen LogP contribution >= 0.6 is 0 Å². The summed E-state index contributed by atoms with van der Waals surface area (Å²) in [6.45, 7) is 6.39. The summed E-state index contributed by atoms with van der Waals surface area (Å²) in [7, 11) is 0. The molecule has 0 saturated carbocycles. The van der Waals surface area contributed by atoms with E-state index in [0.717, 1.165) is 0 Å². The van der Waals surface area contributed by atoms with Gasteiger partial charge in [0.05, 0.1) is 18.8 Å². The van der Waals surface area contributed by atoms with E-state index in [1.807, 2.05) is 13.8 Å². The molecule has 1 N–H and O–H groups in total. The van der Waals surface area contributed by atoms with Crippen molar-refractivity contribution in [2.45, 2.75) is 25.9 Å². The third-order valence-electron chi connectivity index (χ3n) is 3.48. The number of ether oxygens (including phenoxy) is 1. The van der Waals surface area contributed by atoms with E-state index in [0.29, 0.717) is 31.9 Å². The molecule has 1 fully saturated rings. The van der Waals surface area contributed by atoms with Crippen LogP contribution in [0.4, 0.5) is 4.39 Å². The first-order chi connectivity index (χ1) is 8.90. The van der Waals surface area contributed by atoms with Crippen LogP contribution in [0, 0.1) is 5.82 Å². The van der Waals surface area contributed by atoms with Crippen LogP contribution in [-0.4, -0.2) is 41.3 Å². The van der Waals surface area contributed by atoms with Crippen molar-refractivity contribution >= 4 is 5.97 Å². The van der Waals surface area contributed by atoms with E-state index in [1.54, 1.807) is 0 Å². The molecule has 5 heteroatoms. The average Bonchev–Trinajstić information content (AvgIpc) is 2.31. The highest BCUT2D eigenvalue weighted by atomic mass is 19.1. The largest absolute Gasteiger partial charge is 0.478 e. The highest BCUT2D eigenvalue weighted by Crippen LogP contribution is 2.23. The Morgan fingerprint density at radius 3 is 2.89 bits per heavy atom. The van der Waals surface area contributed by atoms with Gasteiger partial charge in [0.1, 0.15) is 5.82 Å². The van der Waals surface area contributed by atoms with E-state index >= 15 is 0 Å². The minimum atomic E-state index is -1.03. The molecule has 19 heavy (non-hydrogen) atoms. The number of carboxylic acids is 1. The Hall–Kier alpha value is -1.46. The molecule has 0 aliphatic carbocycles. The van der Waals surface area contributed by atoms with Gasteiger partial charge < -0.3 is 9.84 Å². The van der Waals surface area contributed by atoms with E-state index in [2.05, 4.69) is 4.90 Å². The van der Waals surface area contributed by atoms with Crippen molar-refractivity contribution in [3.63, 3.8) is 0 Å². The minimum Gasteiger partial charge on any atom is -0.478 e. The van der Waals surface area contributed by atoms with Gasteiger partial charge in [0, 0.05) is 18.6 Å². The first kappa shape index (κ1) is 14.0. The Morgan fingerprint density at radius 1 is 1.53 bits per heavy atom. The number of halogens is 1. The number of aromatic carboxylic acids is 1. The number of morpholine rings is 1. The van der Waals surface area contributed by atoms with Crippen LogP contribution in [-0.2, 0) is 11.3 Å². The number of benzene rings is 1. The molecule has 0 atom stereocenters. The summed E-state index contributed by atoms with van der Waals surface area (Å²) in [5, 5.41) is 9.15. The summed E-state index contributed by atoms with van der Waals surface area (Å²) in [4.78, 5) is 13.3. The van der Waals surface area contributed by atoms with E-state index in [-0.39, 0.29) is 11.1 Å². The van der Waals surface area contributed by atoms with Crippen molar-refractivity contribution in [2.24, 2.45) is 0 Å². The number of hydrogen-bond donors (Lipinski definition) is 1. The molecule has 0 spiro atoms. The van der Waals surface area contributed by atoms with Crippen LogP contribution in [0.3, 0.4) is 0 Å². The van der Waals surface area contributed by atoms with Gasteiger partial charge in [0.2, 0.25) is 0 Å². The van der Waals surface area contributed by atoms with Crippen molar-refractivity contribution < 1.29 is 19.0 Å². The van der Waals surface area contributed by atoms with Crippen molar-refractivity contribution in [3.05, 3.63) is 35.1 Å². The summed E-state index contributed by atoms with van der Waals surface area (Å²) in [6, 6.07) is 3.80. The fourth-order valence-electron chi connectivity index (χ4n) is 2.29. The van der Waals surface area contributed by atoms with Gasteiger partial charge >= 0.3 is 5.97 Å². The average molecular weight is 267 g/mol. The van der Waals surface area contributed by atoms with Crippen LogP contribution in [0.25, 0.3) is 0 Å². The van der Waals surface area contributed by atoms with Crippen molar-refractivity contribution in [2.75, 3.05) is 19.8 Å². The van der Waals surface area contributed by atoms with E-state index < -0.39 is 11.8 Å². The maximum atomic E-state index is 13.3. The molecule has 1 aromatic carbocycles. The van der Waals surface area contributed by atoms with Gasteiger partial charge in [-0.25, -0.2) is 9.18 Å². The maximum Gasteiger partial charge on any atom is 0.336 e. The summed E-state index contributed by atoms with van der Waals surface area (Å²) in [5.41, 5.74) is 0.478. The smallest absolute Gasteiger partial charge is 0.336 e. The Labute approximate surface area is 111 Å². The van der Waals surface area contributed by atoms with E-state index in [1.165, 1.54) is 18.2 Å². The zero-order valence-corrected chi connectivity index (χ0v) is 11.1.